The molecule has 3 N–H and O–H groups in total. The standard InChI is InChI=1S/C24H25N7O2/c25-19-29-23(30-20-11-13-26-14-12-20)27-15-17-33-18-16-28-24(32)31(21-7-3-1-4-8-21)22-9-5-2-6-10-22/h1-14H,15-18H2,(H,28,32)(H2,26,27,29,30). The molecule has 1 aromatic heterocycles. The Hall–Kier alpha value is -4.42. The van der Waals surface area contributed by atoms with E-state index in [4.69, 9.17) is 10.00 Å². The molecule has 0 aliphatic rings. The fourth-order valence-electron chi connectivity index (χ4n) is 2.90. The van der Waals surface area contributed by atoms with E-state index in [0.29, 0.717) is 38.0 Å². The van der Waals surface area contributed by atoms with E-state index < -0.39 is 0 Å². The minimum Gasteiger partial charge on any atom is -0.378 e. The summed E-state index contributed by atoms with van der Waals surface area (Å²) in [6.45, 7) is 1.50. The fourth-order valence-corrected chi connectivity index (χ4v) is 2.90. The number of hydrogen-bond donors (Lipinski definition) is 3. The van der Waals surface area contributed by atoms with E-state index in [1.54, 1.807) is 29.4 Å². The van der Waals surface area contributed by atoms with E-state index in [-0.39, 0.29) is 6.03 Å². The number of aliphatic imine (C=N–C) groups is 1. The van der Waals surface area contributed by atoms with Gasteiger partial charge in [0.05, 0.1) is 30.3 Å². The number of ether oxygens (including phenoxy) is 1. The maximum atomic E-state index is 12.9. The van der Waals surface area contributed by atoms with Crippen LogP contribution in [0.15, 0.2) is 90.2 Å². The number of guanidine groups is 1. The smallest absolute Gasteiger partial charge is 0.326 e. The van der Waals surface area contributed by atoms with E-state index in [9.17, 15) is 4.79 Å². The van der Waals surface area contributed by atoms with Crippen molar-refractivity contribution in [3.05, 3.63) is 85.2 Å². The number of para-hydroxylation sites is 2. The molecule has 9 nitrogen and oxygen atoms in total. The van der Waals surface area contributed by atoms with Crippen LogP contribution in [0, 0.1) is 11.5 Å². The molecule has 0 saturated carbocycles. The van der Waals surface area contributed by atoms with Gasteiger partial charge in [0.15, 0.2) is 6.19 Å². The molecule has 0 aliphatic carbocycles. The Morgan fingerprint density at radius 1 is 0.909 bits per heavy atom. The van der Waals surface area contributed by atoms with Gasteiger partial charge in [0, 0.05) is 25.5 Å². The minimum absolute atomic E-state index is 0.237. The van der Waals surface area contributed by atoms with E-state index in [1.807, 2.05) is 66.9 Å². The lowest BCUT2D eigenvalue weighted by molar-refractivity contribution is 0.141. The zero-order valence-corrected chi connectivity index (χ0v) is 18.0. The van der Waals surface area contributed by atoms with Crippen LogP contribution < -0.4 is 20.9 Å². The summed E-state index contributed by atoms with van der Waals surface area (Å²) in [5.41, 5.74) is 2.22. The molecular formula is C24H25N7O2. The first kappa shape index (κ1) is 23.2. The van der Waals surface area contributed by atoms with Crippen molar-refractivity contribution >= 4 is 29.1 Å². The SMILES string of the molecule is N#CN/C(=N/c1ccncc1)NCCOCCNC(=O)N(c1ccccc1)c1ccccc1. The van der Waals surface area contributed by atoms with Gasteiger partial charge in [-0.25, -0.2) is 9.79 Å². The number of benzene rings is 2. The van der Waals surface area contributed by atoms with Crippen molar-refractivity contribution in [3.8, 4) is 6.19 Å². The van der Waals surface area contributed by atoms with Crippen molar-refractivity contribution < 1.29 is 9.53 Å². The number of carbonyl (C=O) groups excluding carboxylic acids is 1. The van der Waals surface area contributed by atoms with Crippen LogP contribution in [0.2, 0.25) is 0 Å². The molecule has 0 saturated heterocycles. The third-order valence-corrected chi connectivity index (χ3v) is 4.37. The van der Waals surface area contributed by atoms with Crippen molar-refractivity contribution in [2.24, 2.45) is 4.99 Å². The average Bonchev–Trinajstić information content (AvgIpc) is 2.85. The van der Waals surface area contributed by atoms with Crippen molar-refractivity contribution in [2.75, 3.05) is 31.2 Å². The number of pyridine rings is 1. The molecule has 3 aromatic rings. The average molecular weight is 444 g/mol. The number of anilines is 2. The van der Waals surface area contributed by atoms with Crippen LogP contribution >= 0.6 is 0 Å². The quantitative estimate of drug-likeness (QED) is 0.154. The summed E-state index contributed by atoms with van der Waals surface area (Å²) in [4.78, 5) is 22.7. The van der Waals surface area contributed by atoms with Gasteiger partial charge < -0.3 is 15.4 Å². The Kier molecular flexibility index (Phi) is 9.22. The lowest BCUT2D eigenvalue weighted by Crippen LogP contribution is -2.39. The van der Waals surface area contributed by atoms with E-state index >= 15 is 0 Å². The normalized spacial score (nSPS) is 10.7. The Balaban J connectivity index is 1.43. The first-order chi connectivity index (χ1) is 16.3. The topological polar surface area (TPSA) is 115 Å². The highest BCUT2D eigenvalue weighted by molar-refractivity contribution is 5.99. The first-order valence-corrected chi connectivity index (χ1v) is 10.4. The predicted octanol–water partition coefficient (Wildman–Crippen LogP) is 3.29. The summed E-state index contributed by atoms with van der Waals surface area (Å²) in [5.74, 6) is 0.321. The largest absolute Gasteiger partial charge is 0.378 e. The van der Waals surface area contributed by atoms with E-state index in [2.05, 4.69) is 25.9 Å². The highest BCUT2D eigenvalue weighted by Gasteiger charge is 2.16. The third-order valence-electron chi connectivity index (χ3n) is 4.37. The maximum absolute atomic E-state index is 12.9. The molecule has 0 radical (unpaired) electrons. The molecule has 0 fully saturated rings. The van der Waals surface area contributed by atoms with Gasteiger partial charge in [-0.2, -0.15) is 5.26 Å². The van der Waals surface area contributed by atoms with E-state index in [1.165, 1.54) is 0 Å². The molecule has 33 heavy (non-hydrogen) atoms. The van der Waals surface area contributed by atoms with Gasteiger partial charge in [-0.15, -0.1) is 0 Å². The third kappa shape index (κ3) is 7.65. The molecule has 1 heterocycles. The lowest BCUT2D eigenvalue weighted by Gasteiger charge is -2.23. The summed E-state index contributed by atoms with van der Waals surface area (Å²) in [6, 6.07) is 22.1. The molecule has 168 valence electrons. The number of rotatable bonds is 9. The number of nitrogens with one attached hydrogen (secondary N) is 3. The van der Waals surface area contributed by atoms with Crippen molar-refractivity contribution in [1.82, 2.24) is 20.9 Å². The second-order valence-corrected chi connectivity index (χ2v) is 6.68. The van der Waals surface area contributed by atoms with Gasteiger partial charge in [-0.3, -0.25) is 15.2 Å². The van der Waals surface area contributed by atoms with Crippen LogP contribution in [-0.2, 0) is 4.74 Å². The van der Waals surface area contributed by atoms with Crippen LogP contribution in [0.3, 0.4) is 0 Å². The first-order valence-electron chi connectivity index (χ1n) is 10.4. The Bertz CT molecular complexity index is 1010. The highest BCUT2D eigenvalue weighted by Crippen LogP contribution is 2.24. The van der Waals surface area contributed by atoms with Gasteiger partial charge >= 0.3 is 6.03 Å². The number of nitriles is 1. The Labute approximate surface area is 192 Å². The minimum atomic E-state index is -0.237. The predicted molar refractivity (Wildman–Crippen MR) is 127 cm³/mol. The summed E-state index contributed by atoms with van der Waals surface area (Å²) in [5, 5.41) is 17.3. The van der Waals surface area contributed by atoms with Gasteiger partial charge in [-0.1, -0.05) is 36.4 Å². The van der Waals surface area contributed by atoms with Crippen LogP contribution in [0.1, 0.15) is 0 Å². The molecule has 9 heteroatoms. The molecule has 0 aliphatic heterocycles. The summed E-state index contributed by atoms with van der Waals surface area (Å²) in [7, 11) is 0. The van der Waals surface area contributed by atoms with Gasteiger partial charge in [0.25, 0.3) is 0 Å². The van der Waals surface area contributed by atoms with Crippen LogP contribution in [0.25, 0.3) is 0 Å². The van der Waals surface area contributed by atoms with Crippen LogP contribution in [0.4, 0.5) is 21.9 Å². The molecule has 0 spiro atoms. The number of hydrogen-bond acceptors (Lipinski definition) is 5. The van der Waals surface area contributed by atoms with Crippen molar-refractivity contribution in [2.45, 2.75) is 0 Å². The number of amides is 2. The molecule has 0 bridgehead atoms. The summed E-state index contributed by atoms with van der Waals surface area (Å²) in [6.07, 6.45) is 5.09. The summed E-state index contributed by atoms with van der Waals surface area (Å²) < 4.78 is 5.58. The van der Waals surface area contributed by atoms with Crippen LogP contribution in [-0.4, -0.2) is 43.3 Å². The molecular weight excluding hydrogens is 418 g/mol. The monoisotopic (exact) mass is 443 g/mol. The Morgan fingerprint density at radius 3 is 2.06 bits per heavy atom. The van der Waals surface area contributed by atoms with Gasteiger partial charge in [-0.05, 0) is 36.4 Å². The number of aromatic nitrogens is 1. The van der Waals surface area contributed by atoms with Gasteiger partial charge in [0.2, 0.25) is 5.96 Å². The van der Waals surface area contributed by atoms with Crippen LogP contribution in [0.5, 0.6) is 0 Å². The number of urea groups is 1. The number of nitrogens with zero attached hydrogens (tertiary/aromatic N) is 4. The maximum Gasteiger partial charge on any atom is 0.326 e. The van der Waals surface area contributed by atoms with Crippen molar-refractivity contribution in [3.63, 3.8) is 0 Å². The fraction of sp³-hybridized carbons (Fsp3) is 0.167. The molecule has 0 atom stereocenters. The molecule has 2 amide bonds. The van der Waals surface area contributed by atoms with Gasteiger partial charge in [0.1, 0.15) is 0 Å². The van der Waals surface area contributed by atoms with E-state index in [0.717, 1.165) is 11.4 Å². The second-order valence-electron chi connectivity index (χ2n) is 6.68. The molecule has 3 rings (SSSR count). The molecule has 0 unspecified atom stereocenters. The number of carbonyl (C=O) groups is 1. The zero-order chi connectivity index (χ0) is 23.1. The zero-order valence-electron chi connectivity index (χ0n) is 18.0. The van der Waals surface area contributed by atoms with Crippen molar-refractivity contribution in [1.29, 1.82) is 5.26 Å². The summed E-state index contributed by atoms with van der Waals surface area (Å²) >= 11 is 0. The molecule has 2 aromatic carbocycles. The Morgan fingerprint density at radius 2 is 1.48 bits per heavy atom. The second kappa shape index (κ2) is 13.1. The lowest BCUT2D eigenvalue weighted by atomic mass is 10.2. The highest BCUT2D eigenvalue weighted by atomic mass is 16.5.